The zero-order chi connectivity index (χ0) is 15.3. The van der Waals surface area contributed by atoms with Crippen molar-refractivity contribution in [3.05, 3.63) is 0 Å². The molecule has 0 aromatic rings. The lowest BCUT2D eigenvalue weighted by molar-refractivity contribution is -0.127. The molecule has 0 aromatic heterocycles. The molecule has 0 unspecified atom stereocenters. The van der Waals surface area contributed by atoms with Gasteiger partial charge in [0.2, 0.25) is 5.91 Å². The van der Waals surface area contributed by atoms with Gasteiger partial charge in [0.15, 0.2) is 0 Å². The Balaban J connectivity index is 2.00. The Morgan fingerprint density at radius 1 is 1.05 bits per heavy atom. The summed E-state index contributed by atoms with van der Waals surface area (Å²) in [6, 6.07) is 0. The van der Waals surface area contributed by atoms with Crippen molar-refractivity contribution in [2.45, 2.75) is 83.1 Å². The Hall–Kier alpha value is -0.640. The molecule has 21 heavy (non-hydrogen) atoms. The number of carbonyl (C=O) groups is 1. The van der Waals surface area contributed by atoms with Crippen LogP contribution in [0.2, 0.25) is 0 Å². The number of rotatable bonds is 3. The van der Waals surface area contributed by atoms with Crippen LogP contribution in [0.15, 0.2) is 0 Å². The highest BCUT2D eigenvalue weighted by molar-refractivity contribution is 7.80. The van der Waals surface area contributed by atoms with Crippen molar-refractivity contribution in [3.63, 3.8) is 0 Å². The first-order chi connectivity index (χ1) is 10.0. The number of carbonyl (C=O) groups excluding carboxylic acids is 1. The maximum atomic E-state index is 12.7. The van der Waals surface area contributed by atoms with E-state index in [9.17, 15) is 4.79 Å². The smallest absolute Gasteiger partial charge is 0.223 e. The first-order valence-electron chi connectivity index (χ1n) is 8.65. The van der Waals surface area contributed by atoms with Crippen molar-refractivity contribution < 1.29 is 4.79 Å². The molecular formula is C17H30N2OS. The van der Waals surface area contributed by atoms with Crippen molar-refractivity contribution in [2.75, 3.05) is 0 Å². The van der Waals surface area contributed by atoms with Gasteiger partial charge in [-0.15, -0.1) is 0 Å². The average molecular weight is 311 g/mol. The number of nitrogens with one attached hydrogen (secondary N) is 1. The third-order valence-corrected chi connectivity index (χ3v) is 5.82. The van der Waals surface area contributed by atoms with Crippen LogP contribution in [0.4, 0.5) is 0 Å². The predicted octanol–water partition coefficient (Wildman–Crippen LogP) is 3.70. The van der Waals surface area contributed by atoms with Gasteiger partial charge in [0.1, 0.15) is 0 Å². The highest BCUT2D eigenvalue weighted by Gasteiger charge is 2.37. The molecule has 2 rings (SSSR count). The molecule has 1 amide bonds. The highest BCUT2D eigenvalue weighted by atomic mass is 32.1. The molecule has 0 saturated heterocycles. The summed E-state index contributed by atoms with van der Waals surface area (Å²) in [5.74, 6) is 1.12. The van der Waals surface area contributed by atoms with Gasteiger partial charge in [0.05, 0.1) is 10.5 Å². The quantitative estimate of drug-likeness (QED) is 0.782. The lowest BCUT2D eigenvalue weighted by Gasteiger charge is -2.37. The zero-order valence-electron chi connectivity index (χ0n) is 13.3. The first kappa shape index (κ1) is 16.7. The molecule has 2 aliphatic carbocycles. The summed E-state index contributed by atoms with van der Waals surface area (Å²) in [6.07, 6.45) is 12.1. The molecule has 2 saturated carbocycles. The van der Waals surface area contributed by atoms with Gasteiger partial charge in [-0.3, -0.25) is 4.79 Å². The summed E-state index contributed by atoms with van der Waals surface area (Å²) in [4.78, 5) is 13.1. The maximum absolute atomic E-state index is 12.7. The van der Waals surface area contributed by atoms with Gasteiger partial charge in [-0.2, -0.15) is 0 Å². The van der Waals surface area contributed by atoms with Crippen molar-refractivity contribution in [3.8, 4) is 0 Å². The third kappa shape index (κ3) is 4.41. The third-order valence-electron chi connectivity index (χ3n) is 5.43. The first-order valence-corrected chi connectivity index (χ1v) is 9.06. The predicted molar refractivity (Wildman–Crippen MR) is 91.1 cm³/mol. The Labute approximate surface area is 134 Å². The van der Waals surface area contributed by atoms with Crippen LogP contribution in [-0.2, 0) is 4.79 Å². The van der Waals surface area contributed by atoms with Crippen LogP contribution in [0.5, 0.6) is 0 Å². The van der Waals surface area contributed by atoms with Crippen LogP contribution >= 0.6 is 12.2 Å². The molecule has 0 radical (unpaired) electrons. The number of thiocarbonyl (C=S) groups is 1. The molecule has 2 aliphatic rings. The number of nitrogens with two attached hydrogens (primary N) is 1. The van der Waals surface area contributed by atoms with Gasteiger partial charge in [-0.25, -0.2) is 0 Å². The molecule has 120 valence electrons. The van der Waals surface area contributed by atoms with E-state index < -0.39 is 5.54 Å². The minimum Gasteiger partial charge on any atom is -0.391 e. The van der Waals surface area contributed by atoms with Crippen LogP contribution in [0.25, 0.3) is 0 Å². The van der Waals surface area contributed by atoms with Gasteiger partial charge >= 0.3 is 0 Å². The topological polar surface area (TPSA) is 55.1 Å². The Morgan fingerprint density at radius 3 is 2.10 bits per heavy atom. The molecule has 0 atom stereocenters. The van der Waals surface area contributed by atoms with E-state index in [1.165, 1.54) is 19.3 Å². The molecule has 4 heteroatoms. The standard InChI is InChI=1S/C17H30N2OS/c1-13-7-9-14(10-8-13)15(20)19-17(16(18)21)11-5-3-2-4-6-12-17/h13-14H,2-12H2,1H3,(H2,18,21)(H,19,20). The molecule has 0 aliphatic heterocycles. The lowest BCUT2D eigenvalue weighted by atomic mass is 9.80. The van der Waals surface area contributed by atoms with Crippen LogP contribution < -0.4 is 11.1 Å². The molecule has 3 N–H and O–H groups in total. The fourth-order valence-corrected chi connectivity index (χ4v) is 4.06. The fourth-order valence-electron chi connectivity index (χ4n) is 3.80. The van der Waals surface area contributed by atoms with Gasteiger partial charge < -0.3 is 11.1 Å². The Morgan fingerprint density at radius 2 is 1.57 bits per heavy atom. The second kappa shape index (κ2) is 7.57. The largest absolute Gasteiger partial charge is 0.391 e. The van der Waals surface area contributed by atoms with Crippen molar-refractivity contribution >= 4 is 23.1 Å². The van der Waals surface area contributed by atoms with Gasteiger partial charge in [-0.05, 0) is 44.4 Å². The number of hydrogen-bond donors (Lipinski definition) is 2. The van der Waals surface area contributed by atoms with Crippen molar-refractivity contribution in [1.82, 2.24) is 5.32 Å². The van der Waals surface area contributed by atoms with E-state index in [0.717, 1.165) is 57.3 Å². The molecule has 0 spiro atoms. The zero-order valence-corrected chi connectivity index (χ0v) is 14.1. The molecular weight excluding hydrogens is 280 g/mol. The van der Waals surface area contributed by atoms with E-state index in [1.807, 2.05) is 0 Å². The second-order valence-electron chi connectivity index (χ2n) is 7.16. The van der Waals surface area contributed by atoms with E-state index in [4.69, 9.17) is 18.0 Å². The summed E-state index contributed by atoms with van der Waals surface area (Å²) in [7, 11) is 0. The summed E-state index contributed by atoms with van der Waals surface area (Å²) < 4.78 is 0. The van der Waals surface area contributed by atoms with E-state index in [-0.39, 0.29) is 11.8 Å². The number of hydrogen-bond acceptors (Lipinski definition) is 2. The summed E-state index contributed by atoms with van der Waals surface area (Å²) in [5, 5.41) is 3.28. The van der Waals surface area contributed by atoms with Crippen LogP contribution in [-0.4, -0.2) is 16.4 Å². The summed E-state index contributed by atoms with van der Waals surface area (Å²) >= 11 is 5.33. The summed E-state index contributed by atoms with van der Waals surface area (Å²) in [5.41, 5.74) is 5.62. The van der Waals surface area contributed by atoms with Crippen molar-refractivity contribution in [1.29, 1.82) is 0 Å². The SMILES string of the molecule is CC1CCC(C(=O)NC2(C(N)=S)CCCCCCC2)CC1. The van der Waals surface area contributed by atoms with E-state index in [0.29, 0.717) is 4.99 Å². The van der Waals surface area contributed by atoms with Crippen LogP contribution in [0, 0.1) is 11.8 Å². The van der Waals surface area contributed by atoms with Gasteiger partial charge in [-0.1, -0.05) is 51.2 Å². The maximum Gasteiger partial charge on any atom is 0.223 e. The molecule has 0 bridgehead atoms. The van der Waals surface area contributed by atoms with Crippen LogP contribution in [0.3, 0.4) is 0 Å². The average Bonchev–Trinajstić information content (AvgIpc) is 2.42. The Bertz CT molecular complexity index is 367. The van der Waals surface area contributed by atoms with E-state index >= 15 is 0 Å². The van der Waals surface area contributed by atoms with E-state index in [2.05, 4.69) is 12.2 Å². The normalized spacial score (nSPS) is 30.0. The number of amides is 1. The monoisotopic (exact) mass is 310 g/mol. The minimum absolute atomic E-state index is 0.165. The van der Waals surface area contributed by atoms with Crippen molar-refractivity contribution in [2.24, 2.45) is 17.6 Å². The van der Waals surface area contributed by atoms with Gasteiger partial charge in [0.25, 0.3) is 0 Å². The minimum atomic E-state index is -0.421. The molecule has 0 heterocycles. The lowest BCUT2D eigenvalue weighted by Crippen LogP contribution is -2.58. The fraction of sp³-hybridized carbons (Fsp3) is 0.882. The van der Waals surface area contributed by atoms with Crippen LogP contribution in [0.1, 0.15) is 77.6 Å². The van der Waals surface area contributed by atoms with E-state index in [1.54, 1.807) is 0 Å². The summed E-state index contributed by atoms with van der Waals surface area (Å²) in [6.45, 7) is 2.28. The van der Waals surface area contributed by atoms with Gasteiger partial charge in [0, 0.05) is 5.92 Å². The highest BCUT2D eigenvalue weighted by Crippen LogP contribution is 2.31. The molecule has 0 aromatic carbocycles. The molecule has 3 nitrogen and oxygen atoms in total. The Kier molecular flexibility index (Phi) is 6.03. The second-order valence-corrected chi connectivity index (χ2v) is 7.60. The molecule has 2 fully saturated rings.